The molecule has 0 nitrogen and oxygen atoms in total. The minimum Gasteiger partial charge on any atom is -0.0839 e. The highest BCUT2D eigenvalue weighted by Gasteiger charge is 2.29. The fourth-order valence-electron chi connectivity index (χ4n) is 5.38. The van der Waals surface area contributed by atoms with Gasteiger partial charge in [0.25, 0.3) is 0 Å². The summed E-state index contributed by atoms with van der Waals surface area (Å²) in [5, 5.41) is 2.57. The molecule has 0 aliphatic carbocycles. The number of aryl methyl sites for hydroxylation is 1. The number of hydrogen-bond acceptors (Lipinski definition) is 0. The Morgan fingerprint density at radius 3 is 1.13 bits per heavy atom. The zero-order valence-corrected chi connectivity index (χ0v) is 24.1. The molecule has 0 aliphatic rings. The SMILES string of the molecule is Cc1cc(C(c2ccccc2)c2c(Cl)cccc2Cl)c(C)c(C(c2ccccc2)c2c(Cl)cccc2Cl)c1. The topological polar surface area (TPSA) is 0 Å². The van der Waals surface area contributed by atoms with E-state index in [-0.39, 0.29) is 11.8 Å². The van der Waals surface area contributed by atoms with Gasteiger partial charge >= 0.3 is 0 Å². The van der Waals surface area contributed by atoms with E-state index in [0.29, 0.717) is 20.1 Å². The van der Waals surface area contributed by atoms with Gasteiger partial charge in [-0.15, -0.1) is 0 Å². The van der Waals surface area contributed by atoms with Crippen molar-refractivity contribution in [2.75, 3.05) is 0 Å². The minimum atomic E-state index is -0.158. The third-order valence-electron chi connectivity index (χ3n) is 7.10. The standard InChI is InChI=1S/C34H26Cl4/c1-21-19-25(31(23-11-5-3-6-12-23)33-27(35)15-9-16-28(33)36)22(2)26(20-21)32(24-13-7-4-8-14-24)34-29(37)17-10-18-30(34)38/h3-20,31-32H,1-2H3. The largest absolute Gasteiger partial charge is 0.0839 e. The van der Waals surface area contributed by atoms with Gasteiger partial charge in [-0.2, -0.15) is 0 Å². The number of rotatable bonds is 6. The molecular weight excluding hydrogens is 550 g/mol. The van der Waals surface area contributed by atoms with Gasteiger partial charge in [-0.3, -0.25) is 0 Å². The van der Waals surface area contributed by atoms with Crippen LogP contribution in [0.2, 0.25) is 20.1 Å². The molecule has 4 heteroatoms. The quantitative estimate of drug-likeness (QED) is 0.177. The van der Waals surface area contributed by atoms with Crippen LogP contribution in [0.25, 0.3) is 0 Å². The third kappa shape index (κ3) is 5.24. The molecule has 0 N–H and O–H groups in total. The zero-order valence-electron chi connectivity index (χ0n) is 21.1. The highest BCUT2D eigenvalue weighted by Crippen LogP contribution is 2.46. The molecule has 0 amide bonds. The van der Waals surface area contributed by atoms with Crippen LogP contribution >= 0.6 is 46.4 Å². The Morgan fingerprint density at radius 1 is 0.447 bits per heavy atom. The lowest BCUT2D eigenvalue weighted by Gasteiger charge is -2.28. The second kappa shape index (κ2) is 11.6. The lowest BCUT2D eigenvalue weighted by atomic mass is 9.76. The summed E-state index contributed by atoms with van der Waals surface area (Å²) in [6, 6.07) is 36.6. The van der Waals surface area contributed by atoms with E-state index in [4.69, 9.17) is 46.4 Å². The summed E-state index contributed by atoms with van der Waals surface area (Å²) in [4.78, 5) is 0. The molecule has 2 unspecified atom stereocenters. The molecule has 0 aliphatic heterocycles. The molecule has 190 valence electrons. The molecule has 0 heterocycles. The van der Waals surface area contributed by atoms with Crippen LogP contribution in [-0.2, 0) is 0 Å². The van der Waals surface area contributed by atoms with Crippen molar-refractivity contribution in [2.24, 2.45) is 0 Å². The van der Waals surface area contributed by atoms with Crippen LogP contribution in [0, 0.1) is 13.8 Å². The molecule has 2 atom stereocenters. The van der Waals surface area contributed by atoms with Crippen molar-refractivity contribution >= 4 is 46.4 Å². The molecule has 0 saturated carbocycles. The maximum Gasteiger partial charge on any atom is 0.0462 e. The molecule has 5 rings (SSSR count). The maximum atomic E-state index is 6.83. The Hall–Kier alpha value is -2.74. The van der Waals surface area contributed by atoms with Gasteiger partial charge in [-0.25, -0.2) is 0 Å². The first-order chi connectivity index (χ1) is 18.4. The van der Waals surface area contributed by atoms with Crippen LogP contribution in [0.15, 0.2) is 109 Å². The highest BCUT2D eigenvalue weighted by atomic mass is 35.5. The van der Waals surface area contributed by atoms with E-state index in [2.05, 4.69) is 74.5 Å². The number of hydrogen-bond donors (Lipinski definition) is 0. The summed E-state index contributed by atoms with van der Waals surface area (Å²) in [5.74, 6) is -0.316. The van der Waals surface area contributed by atoms with Crippen LogP contribution in [0.4, 0.5) is 0 Å². The lowest BCUT2D eigenvalue weighted by molar-refractivity contribution is 0.912. The fraction of sp³-hybridized carbons (Fsp3) is 0.118. The summed E-state index contributed by atoms with van der Waals surface area (Å²) in [6.45, 7) is 4.30. The summed E-state index contributed by atoms with van der Waals surface area (Å²) in [5.41, 5.74) is 8.60. The second-order valence-corrected chi connectivity index (χ2v) is 11.2. The Labute approximate surface area is 244 Å². The predicted octanol–water partition coefficient (Wildman–Crippen LogP) is 11.3. The Morgan fingerprint density at radius 2 is 0.789 bits per heavy atom. The van der Waals surface area contributed by atoms with Gasteiger partial charge in [0.1, 0.15) is 0 Å². The van der Waals surface area contributed by atoms with Crippen LogP contribution in [0.3, 0.4) is 0 Å². The van der Waals surface area contributed by atoms with E-state index in [1.165, 1.54) is 0 Å². The Bertz CT molecular complexity index is 1420. The summed E-state index contributed by atoms with van der Waals surface area (Å²) >= 11 is 27.3. The van der Waals surface area contributed by atoms with E-state index < -0.39 is 0 Å². The molecule has 5 aromatic rings. The van der Waals surface area contributed by atoms with Gasteiger partial charge < -0.3 is 0 Å². The first kappa shape index (κ1) is 26.9. The molecule has 38 heavy (non-hydrogen) atoms. The van der Waals surface area contributed by atoms with E-state index in [0.717, 1.165) is 44.5 Å². The molecule has 0 aromatic heterocycles. The van der Waals surface area contributed by atoms with Gasteiger partial charge in [0.2, 0.25) is 0 Å². The Balaban J connectivity index is 1.83. The van der Waals surface area contributed by atoms with Gasteiger partial charge in [0.05, 0.1) is 0 Å². The molecule has 0 spiro atoms. The van der Waals surface area contributed by atoms with Crippen molar-refractivity contribution in [3.63, 3.8) is 0 Å². The van der Waals surface area contributed by atoms with Crippen molar-refractivity contribution in [3.05, 3.63) is 174 Å². The first-order valence-corrected chi connectivity index (χ1v) is 14.0. The molecule has 0 fully saturated rings. The van der Waals surface area contributed by atoms with Crippen molar-refractivity contribution in [1.29, 1.82) is 0 Å². The average molecular weight is 576 g/mol. The van der Waals surface area contributed by atoms with Crippen LogP contribution < -0.4 is 0 Å². The smallest absolute Gasteiger partial charge is 0.0462 e. The molecule has 0 saturated heterocycles. The Kier molecular flexibility index (Phi) is 8.17. The van der Waals surface area contributed by atoms with E-state index in [1.807, 2.05) is 48.5 Å². The first-order valence-electron chi connectivity index (χ1n) is 12.5. The summed E-state index contributed by atoms with van der Waals surface area (Å²) < 4.78 is 0. The maximum absolute atomic E-state index is 6.83. The normalized spacial score (nSPS) is 12.8. The lowest BCUT2D eigenvalue weighted by Crippen LogP contribution is -2.13. The number of halogens is 4. The van der Waals surface area contributed by atoms with Crippen molar-refractivity contribution in [2.45, 2.75) is 25.7 Å². The van der Waals surface area contributed by atoms with E-state index >= 15 is 0 Å². The molecule has 5 aromatic carbocycles. The fourth-order valence-corrected chi connectivity index (χ4v) is 6.61. The predicted molar refractivity (Wildman–Crippen MR) is 164 cm³/mol. The summed E-state index contributed by atoms with van der Waals surface area (Å²) in [6.07, 6.45) is 0. The number of benzene rings is 5. The second-order valence-electron chi connectivity index (χ2n) is 9.53. The summed E-state index contributed by atoms with van der Waals surface area (Å²) in [7, 11) is 0. The zero-order chi connectivity index (χ0) is 26.8. The minimum absolute atomic E-state index is 0.158. The molecule has 0 radical (unpaired) electrons. The van der Waals surface area contributed by atoms with Gasteiger partial charge in [0.15, 0.2) is 0 Å². The van der Waals surface area contributed by atoms with Crippen molar-refractivity contribution < 1.29 is 0 Å². The molecular formula is C34H26Cl4. The van der Waals surface area contributed by atoms with E-state index in [9.17, 15) is 0 Å². The van der Waals surface area contributed by atoms with Gasteiger partial charge in [0, 0.05) is 43.1 Å². The average Bonchev–Trinajstić information content (AvgIpc) is 2.91. The molecule has 0 bridgehead atoms. The monoisotopic (exact) mass is 574 g/mol. The van der Waals surface area contributed by atoms with Gasteiger partial charge in [-0.05, 0) is 65.9 Å². The van der Waals surface area contributed by atoms with E-state index in [1.54, 1.807) is 0 Å². The van der Waals surface area contributed by atoms with Crippen molar-refractivity contribution in [1.82, 2.24) is 0 Å². The van der Waals surface area contributed by atoms with Crippen molar-refractivity contribution in [3.8, 4) is 0 Å². The third-order valence-corrected chi connectivity index (χ3v) is 8.42. The highest BCUT2D eigenvalue weighted by molar-refractivity contribution is 6.36. The van der Waals surface area contributed by atoms with Gasteiger partial charge in [-0.1, -0.05) is 137 Å². The van der Waals surface area contributed by atoms with Crippen LogP contribution in [0.5, 0.6) is 0 Å². The van der Waals surface area contributed by atoms with Crippen LogP contribution in [0.1, 0.15) is 56.3 Å². The van der Waals surface area contributed by atoms with Crippen LogP contribution in [-0.4, -0.2) is 0 Å².